The van der Waals surface area contributed by atoms with Gasteiger partial charge in [-0.2, -0.15) is 0 Å². The van der Waals surface area contributed by atoms with Crippen LogP contribution in [0.5, 0.6) is 0 Å². The van der Waals surface area contributed by atoms with Crippen molar-refractivity contribution in [1.82, 2.24) is 20.5 Å². The molecule has 0 radical (unpaired) electrons. The monoisotopic (exact) mass is 499 g/mol. The predicted octanol–water partition coefficient (Wildman–Crippen LogP) is 2.74. The molecule has 1 aromatic carbocycles. The van der Waals surface area contributed by atoms with E-state index in [1.165, 1.54) is 0 Å². The highest BCUT2D eigenvalue weighted by atomic mass is 127. The molecule has 8 heteroatoms. The van der Waals surface area contributed by atoms with Crippen LogP contribution in [0, 0.1) is 0 Å². The Labute approximate surface area is 184 Å². The van der Waals surface area contributed by atoms with E-state index in [4.69, 9.17) is 9.15 Å². The first-order chi connectivity index (χ1) is 13.3. The summed E-state index contributed by atoms with van der Waals surface area (Å²) in [5, 5.41) is 6.84. The maximum Gasteiger partial charge on any atom is 0.226 e. The number of hydrogen-bond acceptors (Lipinski definition) is 5. The zero-order valence-corrected chi connectivity index (χ0v) is 18.9. The average Bonchev–Trinajstić information content (AvgIpc) is 3.20. The van der Waals surface area contributed by atoms with Gasteiger partial charge in [0.1, 0.15) is 6.26 Å². The maximum atomic E-state index is 5.58. The van der Waals surface area contributed by atoms with Crippen molar-refractivity contribution in [3.05, 3.63) is 42.3 Å². The summed E-state index contributed by atoms with van der Waals surface area (Å²) in [6, 6.07) is 10.3. The number of rotatable bonds is 7. The van der Waals surface area contributed by atoms with Crippen LogP contribution in [0.15, 0.2) is 46.0 Å². The molecule has 0 spiro atoms. The number of aromatic nitrogens is 1. The molecule has 7 nitrogen and oxygen atoms in total. The van der Waals surface area contributed by atoms with Gasteiger partial charge >= 0.3 is 0 Å². The normalized spacial score (nSPS) is 15.9. The lowest BCUT2D eigenvalue weighted by Gasteiger charge is -2.32. The minimum atomic E-state index is 0. The van der Waals surface area contributed by atoms with Gasteiger partial charge in [-0.1, -0.05) is 18.2 Å². The summed E-state index contributed by atoms with van der Waals surface area (Å²) in [6.45, 7) is 4.54. The first-order valence-electron chi connectivity index (χ1n) is 9.47. The Hall–Kier alpha value is -1.65. The number of guanidine groups is 1. The predicted molar refractivity (Wildman–Crippen MR) is 122 cm³/mol. The van der Waals surface area contributed by atoms with E-state index in [0.29, 0.717) is 18.5 Å². The van der Waals surface area contributed by atoms with Gasteiger partial charge in [0.25, 0.3) is 0 Å². The van der Waals surface area contributed by atoms with E-state index in [0.717, 1.165) is 56.3 Å². The Kier molecular flexibility index (Phi) is 9.72. The average molecular weight is 499 g/mol. The molecule has 0 aliphatic carbocycles. The molecule has 1 saturated heterocycles. The van der Waals surface area contributed by atoms with Crippen LogP contribution >= 0.6 is 24.0 Å². The molecule has 154 valence electrons. The Balaban J connectivity index is 0.00000280. The fraction of sp³-hybridized carbons (Fsp3) is 0.500. The molecular weight excluding hydrogens is 469 g/mol. The Morgan fingerprint density at radius 1 is 1.29 bits per heavy atom. The largest absolute Gasteiger partial charge is 0.444 e. The fourth-order valence-electron chi connectivity index (χ4n) is 3.19. The number of nitrogens with zero attached hydrogens (tertiary/aromatic N) is 3. The lowest BCUT2D eigenvalue weighted by molar-refractivity contribution is 0.128. The third-order valence-electron chi connectivity index (χ3n) is 4.77. The number of oxazole rings is 1. The number of ether oxygens (including phenoxy) is 1. The van der Waals surface area contributed by atoms with Crippen molar-refractivity contribution in [3.8, 4) is 11.5 Å². The van der Waals surface area contributed by atoms with E-state index in [1.54, 1.807) is 20.4 Å². The number of hydrogen-bond donors (Lipinski definition) is 2. The van der Waals surface area contributed by atoms with Gasteiger partial charge in [0, 0.05) is 45.4 Å². The van der Waals surface area contributed by atoms with Crippen molar-refractivity contribution in [3.63, 3.8) is 0 Å². The molecule has 0 atom stereocenters. The van der Waals surface area contributed by atoms with Crippen molar-refractivity contribution >= 4 is 29.9 Å². The van der Waals surface area contributed by atoms with Crippen LogP contribution in [0.25, 0.3) is 11.5 Å². The molecule has 1 aliphatic rings. The van der Waals surface area contributed by atoms with Gasteiger partial charge in [-0.3, -0.25) is 4.99 Å². The molecule has 0 unspecified atom stereocenters. The highest BCUT2D eigenvalue weighted by molar-refractivity contribution is 14.0. The van der Waals surface area contributed by atoms with Crippen molar-refractivity contribution in [2.45, 2.75) is 25.4 Å². The number of benzene rings is 1. The summed E-state index contributed by atoms with van der Waals surface area (Å²) in [7, 11) is 3.54. The number of halogens is 1. The molecule has 28 heavy (non-hydrogen) atoms. The zero-order chi connectivity index (χ0) is 18.9. The second-order valence-corrected chi connectivity index (χ2v) is 6.69. The van der Waals surface area contributed by atoms with E-state index in [2.05, 4.69) is 25.5 Å². The van der Waals surface area contributed by atoms with Crippen LogP contribution in [-0.4, -0.2) is 62.3 Å². The third kappa shape index (κ3) is 6.75. The fourth-order valence-corrected chi connectivity index (χ4v) is 3.19. The number of methoxy groups -OCH3 is 1. The second-order valence-electron chi connectivity index (χ2n) is 6.69. The van der Waals surface area contributed by atoms with Gasteiger partial charge in [0.2, 0.25) is 5.89 Å². The highest BCUT2D eigenvalue weighted by Crippen LogP contribution is 2.17. The number of nitrogens with one attached hydrogen (secondary N) is 2. The molecule has 0 amide bonds. The van der Waals surface area contributed by atoms with Crippen molar-refractivity contribution in [2.24, 2.45) is 4.99 Å². The van der Waals surface area contributed by atoms with Gasteiger partial charge in [-0.25, -0.2) is 4.98 Å². The van der Waals surface area contributed by atoms with Crippen LogP contribution in [0.2, 0.25) is 0 Å². The molecule has 2 N–H and O–H groups in total. The molecule has 2 aromatic rings. The van der Waals surface area contributed by atoms with Crippen molar-refractivity contribution in [2.75, 3.05) is 40.4 Å². The van der Waals surface area contributed by atoms with Gasteiger partial charge in [0.15, 0.2) is 5.96 Å². The van der Waals surface area contributed by atoms with Gasteiger partial charge < -0.3 is 24.7 Å². The number of likely N-dealkylation sites (tertiary alicyclic amines) is 1. The molecule has 0 bridgehead atoms. The van der Waals surface area contributed by atoms with Crippen LogP contribution in [0.4, 0.5) is 0 Å². The molecule has 3 rings (SSSR count). The van der Waals surface area contributed by atoms with E-state index in [1.807, 2.05) is 30.3 Å². The summed E-state index contributed by atoms with van der Waals surface area (Å²) in [6.07, 6.45) is 3.90. The Morgan fingerprint density at radius 2 is 2.04 bits per heavy atom. The summed E-state index contributed by atoms with van der Waals surface area (Å²) < 4.78 is 10.7. The van der Waals surface area contributed by atoms with Crippen molar-refractivity contribution in [1.29, 1.82) is 0 Å². The minimum absolute atomic E-state index is 0. The minimum Gasteiger partial charge on any atom is -0.444 e. The second kappa shape index (κ2) is 12.0. The molecule has 2 heterocycles. The first-order valence-corrected chi connectivity index (χ1v) is 9.47. The Morgan fingerprint density at radius 3 is 2.71 bits per heavy atom. The summed E-state index contributed by atoms with van der Waals surface area (Å²) >= 11 is 0. The molecule has 0 saturated carbocycles. The van der Waals surface area contributed by atoms with E-state index in [9.17, 15) is 0 Å². The van der Waals surface area contributed by atoms with Gasteiger partial charge in [0.05, 0.1) is 18.8 Å². The summed E-state index contributed by atoms with van der Waals surface area (Å²) in [5.74, 6) is 1.44. The standard InChI is InChI=1S/C20H29N5O2.HI/c1-21-20(24-17-8-10-25(11-9-17)12-13-26-2)22-14-18-15-27-19(23-18)16-6-4-3-5-7-16;/h3-7,15,17H,8-14H2,1-2H3,(H2,21,22,24);1H. The van der Waals surface area contributed by atoms with Crippen LogP contribution in [0.1, 0.15) is 18.5 Å². The van der Waals surface area contributed by atoms with Crippen LogP contribution < -0.4 is 10.6 Å². The van der Waals surface area contributed by atoms with Gasteiger partial charge in [-0.05, 0) is 25.0 Å². The van der Waals surface area contributed by atoms with E-state index in [-0.39, 0.29) is 24.0 Å². The quantitative estimate of drug-likeness (QED) is 0.347. The summed E-state index contributed by atoms with van der Waals surface area (Å²) in [4.78, 5) is 11.3. The topological polar surface area (TPSA) is 74.9 Å². The SMILES string of the molecule is CN=C(NCc1coc(-c2ccccc2)n1)NC1CCN(CCOC)CC1.I. The highest BCUT2D eigenvalue weighted by Gasteiger charge is 2.19. The first kappa shape index (κ1) is 22.6. The molecule has 1 aromatic heterocycles. The summed E-state index contributed by atoms with van der Waals surface area (Å²) in [5.41, 5.74) is 1.83. The number of aliphatic imine (C=N–C) groups is 1. The smallest absolute Gasteiger partial charge is 0.226 e. The lowest BCUT2D eigenvalue weighted by atomic mass is 10.1. The number of piperidine rings is 1. The molecule has 1 aliphatic heterocycles. The van der Waals surface area contributed by atoms with E-state index >= 15 is 0 Å². The maximum absolute atomic E-state index is 5.58. The van der Waals surface area contributed by atoms with Crippen LogP contribution in [0.3, 0.4) is 0 Å². The Bertz CT molecular complexity index is 714. The third-order valence-corrected chi connectivity index (χ3v) is 4.77. The molecular formula is C20H30IN5O2. The van der Waals surface area contributed by atoms with Gasteiger partial charge in [-0.15, -0.1) is 24.0 Å². The van der Waals surface area contributed by atoms with Crippen LogP contribution in [-0.2, 0) is 11.3 Å². The lowest BCUT2D eigenvalue weighted by Crippen LogP contribution is -2.48. The van der Waals surface area contributed by atoms with Crippen molar-refractivity contribution < 1.29 is 9.15 Å². The zero-order valence-electron chi connectivity index (χ0n) is 16.6. The molecule has 1 fully saturated rings. The van der Waals surface area contributed by atoms with E-state index < -0.39 is 0 Å².